The molecule has 0 N–H and O–H groups in total. The van der Waals surface area contributed by atoms with Crippen LogP contribution in [0.15, 0.2) is 30.3 Å². The van der Waals surface area contributed by atoms with Crippen LogP contribution in [0, 0.1) is 12.8 Å². The second kappa shape index (κ2) is 8.98. The first-order valence-electron chi connectivity index (χ1n) is 12.2. The highest BCUT2D eigenvalue weighted by atomic mass is 16.5. The average Bonchev–Trinajstić information content (AvgIpc) is 3.22. The summed E-state index contributed by atoms with van der Waals surface area (Å²) in [7, 11) is 2.18. The summed E-state index contributed by atoms with van der Waals surface area (Å²) in [6.45, 7) is 13.0. The molecule has 6 nitrogen and oxygen atoms in total. The number of nitrogens with zero attached hydrogens (tertiary/aromatic N) is 3. The normalized spacial score (nSPS) is 18.1. The minimum atomic E-state index is -0.130. The van der Waals surface area contributed by atoms with Gasteiger partial charge in [-0.15, -0.1) is 0 Å². The molecule has 2 aliphatic heterocycles. The molecular weight excluding hydrogens is 414 g/mol. The molecule has 4 rings (SSSR count). The van der Waals surface area contributed by atoms with Crippen molar-refractivity contribution in [2.24, 2.45) is 5.92 Å². The fraction of sp³-hybridized carbons (Fsp3) is 0.556. The zero-order valence-electron chi connectivity index (χ0n) is 20.9. The van der Waals surface area contributed by atoms with Crippen LogP contribution >= 0.6 is 0 Å². The van der Waals surface area contributed by atoms with Crippen LogP contribution in [0.5, 0.6) is 5.75 Å². The van der Waals surface area contributed by atoms with Crippen molar-refractivity contribution in [3.8, 4) is 5.75 Å². The van der Waals surface area contributed by atoms with Crippen LogP contribution in [0.4, 0.5) is 0 Å². The predicted molar refractivity (Wildman–Crippen MR) is 130 cm³/mol. The second-order valence-electron chi connectivity index (χ2n) is 10.2. The Bertz CT molecular complexity index is 1040. The molecule has 1 fully saturated rings. The summed E-state index contributed by atoms with van der Waals surface area (Å²) in [6, 6.07) is 9.85. The number of fused-ring (bicyclic) bond motifs is 2. The molecular formula is C27H37N3O3. The van der Waals surface area contributed by atoms with Crippen LogP contribution in [-0.4, -0.2) is 58.8 Å². The summed E-state index contributed by atoms with van der Waals surface area (Å²) >= 11 is 0. The van der Waals surface area contributed by atoms with Crippen molar-refractivity contribution in [3.63, 3.8) is 0 Å². The molecule has 0 atom stereocenters. The molecule has 1 amide bonds. The van der Waals surface area contributed by atoms with E-state index in [1.54, 1.807) is 0 Å². The van der Waals surface area contributed by atoms with Gasteiger partial charge in [0.1, 0.15) is 5.75 Å². The second-order valence-corrected chi connectivity index (χ2v) is 10.2. The SMILES string of the molecule is Cc1cc(C(=O)N2CCC3(CC2)c2ccc(C(=O)C(C)C)n2CCN3C)ccc1OC(C)C. The van der Waals surface area contributed by atoms with Gasteiger partial charge in [0.05, 0.1) is 17.3 Å². The molecule has 0 unspecified atom stereocenters. The Hall–Kier alpha value is -2.60. The highest BCUT2D eigenvalue weighted by Crippen LogP contribution is 2.42. The van der Waals surface area contributed by atoms with Gasteiger partial charge in [0.25, 0.3) is 5.91 Å². The minimum Gasteiger partial charge on any atom is -0.491 e. The van der Waals surface area contributed by atoms with E-state index < -0.39 is 0 Å². The molecule has 2 aromatic rings. The van der Waals surface area contributed by atoms with Crippen molar-refractivity contribution in [1.29, 1.82) is 0 Å². The summed E-state index contributed by atoms with van der Waals surface area (Å²) < 4.78 is 8.05. The summed E-state index contributed by atoms with van der Waals surface area (Å²) in [6.07, 6.45) is 1.83. The zero-order chi connectivity index (χ0) is 23.9. The predicted octanol–water partition coefficient (Wildman–Crippen LogP) is 4.50. The lowest BCUT2D eigenvalue weighted by Gasteiger charge is -2.50. The van der Waals surface area contributed by atoms with E-state index >= 15 is 0 Å². The number of hydrogen-bond acceptors (Lipinski definition) is 4. The van der Waals surface area contributed by atoms with Gasteiger partial charge in [0.2, 0.25) is 0 Å². The maximum absolute atomic E-state index is 13.3. The number of likely N-dealkylation sites (tertiary alicyclic amines) is 1. The Labute approximate surface area is 197 Å². The van der Waals surface area contributed by atoms with Gasteiger partial charge in [-0.05, 0) is 76.6 Å². The number of likely N-dealkylation sites (N-methyl/N-ethyl adjacent to an activating group) is 1. The quantitative estimate of drug-likeness (QED) is 0.628. The number of amides is 1. The van der Waals surface area contributed by atoms with E-state index in [0.717, 1.165) is 42.9 Å². The standard InChI is InChI=1S/C27H37N3O3/c1-18(2)25(31)22-8-10-24-27(28(6)15-16-30(22)24)11-13-29(14-12-27)26(32)21-7-9-23(20(5)17-21)33-19(3)4/h7-10,17-19H,11-16H2,1-6H3. The first-order chi connectivity index (χ1) is 15.6. The first-order valence-corrected chi connectivity index (χ1v) is 12.2. The van der Waals surface area contributed by atoms with Gasteiger partial charge < -0.3 is 14.2 Å². The highest BCUT2D eigenvalue weighted by molar-refractivity contribution is 5.96. The number of aromatic nitrogens is 1. The Morgan fingerprint density at radius 3 is 2.27 bits per heavy atom. The molecule has 1 aromatic heterocycles. The van der Waals surface area contributed by atoms with Gasteiger partial charge in [-0.25, -0.2) is 0 Å². The molecule has 33 heavy (non-hydrogen) atoms. The lowest BCUT2D eigenvalue weighted by molar-refractivity contribution is 0.0127. The van der Waals surface area contributed by atoms with Gasteiger partial charge in [0, 0.05) is 43.4 Å². The van der Waals surface area contributed by atoms with Crippen molar-refractivity contribution in [2.75, 3.05) is 26.7 Å². The Morgan fingerprint density at radius 1 is 0.970 bits per heavy atom. The molecule has 2 aliphatic rings. The topological polar surface area (TPSA) is 54.8 Å². The maximum Gasteiger partial charge on any atom is 0.253 e. The van der Waals surface area contributed by atoms with Crippen molar-refractivity contribution < 1.29 is 14.3 Å². The number of piperidine rings is 1. The molecule has 1 saturated heterocycles. The third-order valence-electron chi connectivity index (χ3n) is 7.29. The lowest BCUT2D eigenvalue weighted by Crippen LogP contribution is -2.56. The van der Waals surface area contributed by atoms with Crippen LogP contribution in [0.2, 0.25) is 0 Å². The highest BCUT2D eigenvalue weighted by Gasteiger charge is 2.45. The van der Waals surface area contributed by atoms with Crippen LogP contribution < -0.4 is 4.74 Å². The van der Waals surface area contributed by atoms with E-state index in [-0.39, 0.29) is 29.3 Å². The smallest absolute Gasteiger partial charge is 0.253 e. The van der Waals surface area contributed by atoms with Crippen molar-refractivity contribution in [3.05, 3.63) is 52.8 Å². The summed E-state index contributed by atoms with van der Waals surface area (Å²) in [4.78, 5) is 30.4. The number of carbonyl (C=O) groups excluding carboxylic acids is 2. The van der Waals surface area contributed by atoms with E-state index in [9.17, 15) is 9.59 Å². The first kappa shape index (κ1) is 23.6. The van der Waals surface area contributed by atoms with Crippen LogP contribution in [0.3, 0.4) is 0 Å². The number of ketones is 1. The average molecular weight is 452 g/mol. The van der Waals surface area contributed by atoms with Crippen molar-refractivity contribution >= 4 is 11.7 Å². The molecule has 0 radical (unpaired) electrons. The number of Topliss-reactive ketones (excluding diaryl/α,β-unsaturated/α-hetero) is 1. The third kappa shape index (κ3) is 4.21. The summed E-state index contributed by atoms with van der Waals surface area (Å²) in [5.41, 5.74) is 3.61. The Balaban J connectivity index is 1.52. The number of hydrogen-bond donors (Lipinski definition) is 0. The van der Waals surface area contributed by atoms with Gasteiger partial charge in [0.15, 0.2) is 5.78 Å². The van der Waals surface area contributed by atoms with E-state index in [1.807, 2.05) is 63.8 Å². The number of carbonyl (C=O) groups is 2. The Morgan fingerprint density at radius 2 is 1.67 bits per heavy atom. The summed E-state index contributed by atoms with van der Waals surface area (Å²) in [5, 5.41) is 0. The van der Waals surface area contributed by atoms with Gasteiger partial charge in [-0.1, -0.05) is 13.8 Å². The number of ether oxygens (including phenoxy) is 1. The van der Waals surface area contributed by atoms with Crippen molar-refractivity contribution in [1.82, 2.24) is 14.4 Å². The maximum atomic E-state index is 13.3. The molecule has 178 valence electrons. The number of aryl methyl sites for hydroxylation is 1. The molecule has 3 heterocycles. The number of rotatable bonds is 5. The zero-order valence-corrected chi connectivity index (χ0v) is 20.9. The van der Waals surface area contributed by atoms with E-state index in [2.05, 4.69) is 22.6 Å². The Kier molecular flexibility index (Phi) is 6.41. The van der Waals surface area contributed by atoms with E-state index in [4.69, 9.17) is 4.74 Å². The molecule has 0 bridgehead atoms. The lowest BCUT2D eigenvalue weighted by atomic mass is 9.81. The van der Waals surface area contributed by atoms with Crippen LogP contribution in [0.25, 0.3) is 0 Å². The fourth-order valence-electron chi connectivity index (χ4n) is 5.35. The van der Waals surface area contributed by atoms with Crippen LogP contribution in [-0.2, 0) is 12.1 Å². The van der Waals surface area contributed by atoms with E-state index in [0.29, 0.717) is 18.7 Å². The third-order valence-corrected chi connectivity index (χ3v) is 7.29. The van der Waals surface area contributed by atoms with E-state index in [1.165, 1.54) is 5.69 Å². The van der Waals surface area contributed by atoms with Gasteiger partial charge in [-0.3, -0.25) is 14.5 Å². The summed E-state index contributed by atoms with van der Waals surface area (Å²) in [5.74, 6) is 1.10. The number of benzene rings is 1. The van der Waals surface area contributed by atoms with Gasteiger partial charge >= 0.3 is 0 Å². The molecule has 0 saturated carbocycles. The molecule has 1 spiro atoms. The van der Waals surface area contributed by atoms with Gasteiger partial charge in [-0.2, -0.15) is 0 Å². The minimum absolute atomic E-state index is 0.0140. The fourth-order valence-corrected chi connectivity index (χ4v) is 5.35. The van der Waals surface area contributed by atoms with Crippen molar-refractivity contribution in [2.45, 2.75) is 65.6 Å². The molecule has 0 aliphatic carbocycles. The monoisotopic (exact) mass is 451 g/mol. The molecule has 1 aromatic carbocycles. The molecule has 6 heteroatoms. The largest absolute Gasteiger partial charge is 0.491 e. The van der Waals surface area contributed by atoms with Crippen LogP contribution in [0.1, 0.15) is 72.6 Å².